The van der Waals surface area contributed by atoms with Gasteiger partial charge in [-0.2, -0.15) is 5.10 Å². The number of rotatable bonds is 3. The summed E-state index contributed by atoms with van der Waals surface area (Å²) < 4.78 is 1.90. The molecule has 1 unspecified atom stereocenters. The molecule has 84 valence electrons. The molecule has 3 heteroatoms. The van der Waals surface area contributed by atoms with Gasteiger partial charge >= 0.3 is 0 Å². The Morgan fingerprint density at radius 1 is 1.40 bits per heavy atom. The zero-order valence-electron chi connectivity index (χ0n) is 9.74. The van der Waals surface area contributed by atoms with Crippen LogP contribution in [0.5, 0.6) is 0 Å². The number of aromatic nitrogens is 2. The molecular formula is C12H21N3. The Morgan fingerprint density at radius 3 is 2.73 bits per heavy atom. The summed E-state index contributed by atoms with van der Waals surface area (Å²) in [7, 11) is 1.98. The van der Waals surface area contributed by atoms with Gasteiger partial charge in [-0.3, -0.25) is 4.68 Å². The summed E-state index contributed by atoms with van der Waals surface area (Å²) in [5.74, 6) is 1.97. The molecule has 1 N–H and O–H groups in total. The van der Waals surface area contributed by atoms with E-state index in [0.29, 0.717) is 6.04 Å². The third-order valence-corrected chi connectivity index (χ3v) is 3.55. The lowest BCUT2D eigenvalue weighted by molar-refractivity contribution is 0.327. The van der Waals surface area contributed by atoms with E-state index >= 15 is 0 Å². The first-order valence-corrected chi connectivity index (χ1v) is 6.02. The number of aryl methyl sites for hydroxylation is 1. The van der Waals surface area contributed by atoms with Crippen molar-refractivity contribution in [1.29, 1.82) is 0 Å². The first kappa shape index (κ1) is 10.5. The van der Waals surface area contributed by atoms with E-state index < -0.39 is 0 Å². The molecular weight excluding hydrogens is 186 g/mol. The highest BCUT2D eigenvalue weighted by Crippen LogP contribution is 2.27. The van der Waals surface area contributed by atoms with Crippen LogP contribution in [-0.2, 0) is 7.05 Å². The SMILES string of the molecule is CC(Nc1ccnn1C)C1CCCCC1. The molecule has 1 aromatic rings. The largest absolute Gasteiger partial charge is 0.368 e. The molecule has 1 atom stereocenters. The fourth-order valence-electron chi connectivity index (χ4n) is 2.50. The van der Waals surface area contributed by atoms with Crippen LogP contribution in [0.4, 0.5) is 5.82 Å². The molecule has 1 aliphatic rings. The van der Waals surface area contributed by atoms with Gasteiger partial charge in [0.25, 0.3) is 0 Å². The van der Waals surface area contributed by atoms with Gasteiger partial charge in [-0.25, -0.2) is 0 Å². The van der Waals surface area contributed by atoms with Crippen molar-refractivity contribution in [2.75, 3.05) is 5.32 Å². The first-order chi connectivity index (χ1) is 7.27. The van der Waals surface area contributed by atoms with Crippen LogP contribution in [0, 0.1) is 5.92 Å². The van der Waals surface area contributed by atoms with E-state index in [-0.39, 0.29) is 0 Å². The van der Waals surface area contributed by atoms with Gasteiger partial charge in [0.1, 0.15) is 5.82 Å². The molecule has 0 aromatic carbocycles. The lowest BCUT2D eigenvalue weighted by atomic mass is 9.84. The minimum absolute atomic E-state index is 0.570. The topological polar surface area (TPSA) is 29.9 Å². The predicted molar refractivity (Wildman–Crippen MR) is 62.9 cm³/mol. The van der Waals surface area contributed by atoms with Crippen molar-refractivity contribution in [3.8, 4) is 0 Å². The fourth-order valence-corrected chi connectivity index (χ4v) is 2.50. The summed E-state index contributed by atoms with van der Waals surface area (Å²) in [6.07, 6.45) is 8.84. The molecule has 3 nitrogen and oxygen atoms in total. The minimum Gasteiger partial charge on any atom is -0.368 e. The van der Waals surface area contributed by atoms with E-state index in [2.05, 4.69) is 17.3 Å². The summed E-state index contributed by atoms with van der Waals surface area (Å²) in [5.41, 5.74) is 0. The molecule has 15 heavy (non-hydrogen) atoms. The van der Waals surface area contributed by atoms with Crippen LogP contribution >= 0.6 is 0 Å². The molecule has 0 spiro atoms. The Balaban J connectivity index is 1.91. The van der Waals surface area contributed by atoms with Crippen molar-refractivity contribution in [2.24, 2.45) is 13.0 Å². The zero-order valence-corrected chi connectivity index (χ0v) is 9.74. The lowest BCUT2D eigenvalue weighted by Gasteiger charge is -2.28. The van der Waals surface area contributed by atoms with Gasteiger partial charge in [-0.15, -0.1) is 0 Å². The summed E-state index contributed by atoms with van der Waals surface area (Å²) >= 11 is 0. The van der Waals surface area contributed by atoms with E-state index in [1.807, 2.05) is 24.0 Å². The second-order valence-electron chi connectivity index (χ2n) is 4.67. The Bertz CT molecular complexity index is 300. The van der Waals surface area contributed by atoms with E-state index in [0.717, 1.165) is 11.7 Å². The van der Waals surface area contributed by atoms with E-state index in [4.69, 9.17) is 0 Å². The highest BCUT2D eigenvalue weighted by molar-refractivity contribution is 5.34. The summed E-state index contributed by atoms with van der Waals surface area (Å²) in [6.45, 7) is 2.29. The molecule has 2 rings (SSSR count). The summed E-state index contributed by atoms with van der Waals surface area (Å²) in [5, 5.41) is 7.73. The third-order valence-electron chi connectivity index (χ3n) is 3.55. The quantitative estimate of drug-likeness (QED) is 0.826. The van der Waals surface area contributed by atoms with Crippen LogP contribution in [-0.4, -0.2) is 15.8 Å². The van der Waals surface area contributed by atoms with E-state index in [9.17, 15) is 0 Å². The number of nitrogens with one attached hydrogen (secondary N) is 1. The monoisotopic (exact) mass is 207 g/mol. The van der Waals surface area contributed by atoms with Crippen molar-refractivity contribution in [3.05, 3.63) is 12.3 Å². The lowest BCUT2D eigenvalue weighted by Crippen LogP contribution is -2.28. The van der Waals surface area contributed by atoms with Crippen LogP contribution < -0.4 is 5.32 Å². The number of hydrogen-bond acceptors (Lipinski definition) is 2. The number of nitrogens with zero attached hydrogens (tertiary/aromatic N) is 2. The smallest absolute Gasteiger partial charge is 0.124 e. The van der Waals surface area contributed by atoms with E-state index in [1.165, 1.54) is 32.1 Å². The van der Waals surface area contributed by atoms with E-state index in [1.54, 1.807) is 0 Å². The van der Waals surface area contributed by atoms with Crippen molar-refractivity contribution < 1.29 is 0 Å². The predicted octanol–water partition coefficient (Wildman–Crippen LogP) is 2.80. The highest BCUT2D eigenvalue weighted by Gasteiger charge is 2.20. The Morgan fingerprint density at radius 2 is 2.13 bits per heavy atom. The van der Waals surface area contributed by atoms with Crippen LogP contribution in [0.1, 0.15) is 39.0 Å². The van der Waals surface area contributed by atoms with Gasteiger partial charge in [0, 0.05) is 19.2 Å². The fraction of sp³-hybridized carbons (Fsp3) is 0.750. The molecule has 0 bridgehead atoms. The normalized spacial score (nSPS) is 20.1. The Kier molecular flexibility index (Phi) is 3.29. The average Bonchev–Trinajstić information content (AvgIpc) is 2.66. The molecule has 0 amide bonds. The number of anilines is 1. The Labute approximate surface area is 91.9 Å². The van der Waals surface area contributed by atoms with Crippen LogP contribution in [0.15, 0.2) is 12.3 Å². The molecule has 1 heterocycles. The van der Waals surface area contributed by atoms with Crippen molar-refractivity contribution in [2.45, 2.75) is 45.1 Å². The maximum Gasteiger partial charge on any atom is 0.124 e. The van der Waals surface area contributed by atoms with Crippen LogP contribution in [0.3, 0.4) is 0 Å². The minimum atomic E-state index is 0.570. The maximum atomic E-state index is 4.17. The van der Waals surface area contributed by atoms with Crippen molar-refractivity contribution in [1.82, 2.24) is 9.78 Å². The summed E-state index contributed by atoms with van der Waals surface area (Å²) in [6, 6.07) is 2.61. The van der Waals surface area contributed by atoms with Gasteiger partial charge < -0.3 is 5.32 Å². The molecule has 1 aromatic heterocycles. The third kappa shape index (κ3) is 2.52. The summed E-state index contributed by atoms with van der Waals surface area (Å²) in [4.78, 5) is 0. The van der Waals surface area contributed by atoms with Gasteiger partial charge in [-0.05, 0) is 25.7 Å². The standard InChI is InChI=1S/C12H21N3/c1-10(11-6-4-3-5-7-11)14-12-8-9-13-15(12)2/h8-11,14H,3-7H2,1-2H3. The van der Waals surface area contributed by atoms with Gasteiger partial charge in [0.05, 0.1) is 6.20 Å². The molecule has 1 saturated carbocycles. The average molecular weight is 207 g/mol. The van der Waals surface area contributed by atoms with Gasteiger partial charge in [-0.1, -0.05) is 19.3 Å². The second-order valence-corrected chi connectivity index (χ2v) is 4.67. The highest BCUT2D eigenvalue weighted by atomic mass is 15.3. The maximum absolute atomic E-state index is 4.17. The van der Waals surface area contributed by atoms with Crippen LogP contribution in [0.2, 0.25) is 0 Å². The van der Waals surface area contributed by atoms with Crippen molar-refractivity contribution in [3.63, 3.8) is 0 Å². The van der Waals surface area contributed by atoms with Gasteiger partial charge in [0.15, 0.2) is 0 Å². The molecule has 1 fully saturated rings. The molecule has 0 aliphatic heterocycles. The first-order valence-electron chi connectivity index (χ1n) is 6.02. The molecule has 1 aliphatic carbocycles. The zero-order chi connectivity index (χ0) is 10.7. The molecule has 0 radical (unpaired) electrons. The number of hydrogen-bond donors (Lipinski definition) is 1. The second kappa shape index (κ2) is 4.69. The van der Waals surface area contributed by atoms with Crippen LogP contribution in [0.25, 0.3) is 0 Å². The Hall–Kier alpha value is -0.990. The van der Waals surface area contributed by atoms with Crippen molar-refractivity contribution >= 4 is 5.82 Å². The molecule has 0 saturated heterocycles. The van der Waals surface area contributed by atoms with Gasteiger partial charge in [0.2, 0.25) is 0 Å².